The predicted molar refractivity (Wildman–Crippen MR) is 134 cm³/mol. The standard InChI is InChI=1S/C26H20ClN3O6/c1-35-22-13-16(10-11-21(22)36-15-23(31)28-18-7-3-2-4-8-18)12-20-24(32)29-26(34)30(25(20)33)19-9-5-6-17(27)14-19/h2-14H,15H2,1H3,(H,28,31)(H,29,32,34)/b20-12+. The lowest BCUT2D eigenvalue weighted by Crippen LogP contribution is -2.54. The summed E-state index contributed by atoms with van der Waals surface area (Å²) < 4.78 is 10.9. The van der Waals surface area contributed by atoms with E-state index >= 15 is 0 Å². The Labute approximate surface area is 211 Å². The minimum atomic E-state index is -0.875. The highest BCUT2D eigenvalue weighted by Gasteiger charge is 2.36. The first-order valence-electron chi connectivity index (χ1n) is 10.7. The summed E-state index contributed by atoms with van der Waals surface area (Å²) in [5, 5.41) is 5.20. The minimum absolute atomic E-state index is 0.221. The molecular formula is C26H20ClN3O6. The van der Waals surface area contributed by atoms with Crippen molar-refractivity contribution in [2.24, 2.45) is 0 Å². The molecular weight excluding hydrogens is 486 g/mol. The van der Waals surface area contributed by atoms with Gasteiger partial charge in [-0.25, -0.2) is 9.69 Å². The van der Waals surface area contributed by atoms with E-state index in [4.69, 9.17) is 21.1 Å². The molecule has 36 heavy (non-hydrogen) atoms. The number of ether oxygens (including phenoxy) is 2. The van der Waals surface area contributed by atoms with Crippen molar-refractivity contribution in [1.29, 1.82) is 0 Å². The molecule has 0 radical (unpaired) electrons. The Balaban J connectivity index is 1.52. The molecule has 0 unspecified atom stereocenters. The molecule has 2 N–H and O–H groups in total. The van der Waals surface area contributed by atoms with E-state index in [1.165, 1.54) is 31.4 Å². The number of hydrogen-bond acceptors (Lipinski definition) is 6. The molecule has 1 aliphatic heterocycles. The third-order valence-corrected chi connectivity index (χ3v) is 5.32. The van der Waals surface area contributed by atoms with E-state index < -0.39 is 17.8 Å². The number of carbonyl (C=O) groups is 4. The number of rotatable bonds is 7. The molecule has 4 rings (SSSR count). The second-order valence-electron chi connectivity index (χ2n) is 7.55. The fourth-order valence-electron chi connectivity index (χ4n) is 3.43. The summed E-state index contributed by atoms with van der Waals surface area (Å²) in [6.07, 6.45) is 1.33. The van der Waals surface area contributed by atoms with E-state index in [1.54, 1.807) is 48.5 Å². The van der Waals surface area contributed by atoms with Crippen LogP contribution in [0.2, 0.25) is 5.02 Å². The first-order chi connectivity index (χ1) is 17.4. The Morgan fingerprint density at radius 1 is 1.00 bits per heavy atom. The summed E-state index contributed by atoms with van der Waals surface area (Å²) in [6.45, 7) is -0.261. The Bertz CT molecular complexity index is 1370. The lowest BCUT2D eigenvalue weighted by Gasteiger charge is -2.26. The topological polar surface area (TPSA) is 114 Å². The lowest BCUT2D eigenvalue weighted by atomic mass is 10.1. The average molecular weight is 506 g/mol. The van der Waals surface area contributed by atoms with Gasteiger partial charge >= 0.3 is 6.03 Å². The molecule has 3 aromatic carbocycles. The van der Waals surface area contributed by atoms with E-state index in [1.807, 2.05) is 6.07 Å². The highest BCUT2D eigenvalue weighted by molar-refractivity contribution is 6.39. The molecule has 0 bridgehead atoms. The van der Waals surface area contributed by atoms with Crippen molar-refractivity contribution in [3.8, 4) is 11.5 Å². The third-order valence-electron chi connectivity index (χ3n) is 5.08. The molecule has 182 valence electrons. The number of nitrogens with zero attached hydrogens (tertiary/aromatic N) is 1. The SMILES string of the molecule is COc1cc(/C=C2\C(=O)NC(=O)N(c3cccc(Cl)c3)C2=O)ccc1OCC(=O)Nc1ccccc1. The average Bonchev–Trinajstić information content (AvgIpc) is 2.86. The van der Waals surface area contributed by atoms with Gasteiger partial charge in [-0.05, 0) is 54.1 Å². The Morgan fingerprint density at radius 3 is 2.50 bits per heavy atom. The van der Waals surface area contributed by atoms with Crippen LogP contribution in [0, 0.1) is 0 Å². The van der Waals surface area contributed by atoms with Crippen LogP contribution < -0.4 is 25.0 Å². The minimum Gasteiger partial charge on any atom is -0.493 e. The number of carbonyl (C=O) groups excluding carboxylic acids is 4. The van der Waals surface area contributed by atoms with Gasteiger partial charge in [-0.15, -0.1) is 0 Å². The summed E-state index contributed by atoms with van der Waals surface area (Å²) >= 11 is 5.99. The summed E-state index contributed by atoms with van der Waals surface area (Å²) in [4.78, 5) is 50.8. The molecule has 0 aliphatic carbocycles. The van der Waals surface area contributed by atoms with Crippen LogP contribution in [0.3, 0.4) is 0 Å². The van der Waals surface area contributed by atoms with Crippen LogP contribution in [0.25, 0.3) is 6.08 Å². The molecule has 1 aliphatic rings. The number of hydrogen-bond donors (Lipinski definition) is 2. The fraction of sp³-hybridized carbons (Fsp3) is 0.0769. The van der Waals surface area contributed by atoms with E-state index in [2.05, 4.69) is 10.6 Å². The molecule has 3 aromatic rings. The monoisotopic (exact) mass is 505 g/mol. The summed E-state index contributed by atoms with van der Waals surface area (Å²) in [7, 11) is 1.42. The second-order valence-corrected chi connectivity index (χ2v) is 7.99. The first-order valence-corrected chi connectivity index (χ1v) is 11.1. The largest absolute Gasteiger partial charge is 0.493 e. The van der Waals surface area contributed by atoms with Crippen molar-refractivity contribution in [3.05, 3.63) is 89.0 Å². The Morgan fingerprint density at radius 2 is 1.78 bits per heavy atom. The molecule has 1 fully saturated rings. The maximum Gasteiger partial charge on any atom is 0.335 e. The van der Waals surface area contributed by atoms with Gasteiger partial charge in [-0.2, -0.15) is 0 Å². The summed E-state index contributed by atoms with van der Waals surface area (Å²) in [6, 6.07) is 18.9. The molecule has 0 spiro atoms. The molecule has 0 saturated carbocycles. The van der Waals surface area contributed by atoms with Crippen molar-refractivity contribution in [3.63, 3.8) is 0 Å². The molecule has 9 nitrogen and oxygen atoms in total. The zero-order valence-corrected chi connectivity index (χ0v) is 19.7. The maximum absolute atomic E-state index is 13.0. The van der Waals surface area contributed by atoms with Gasteiger partial charge in [0.2, 0.25) is 0 Å². The smallest absolute Gasteiger partial charge is 0.335 e. The first kappa shape index (κ1) is 24.5. The van der Waals surface area contributed by atoms with E-state index in [-0.39, 0.29) is 35.3 Å². The maximum atomic E-state index is 13.0. The van der Waals surface area contributed by atoms with E-state index in [0.29, 0.717) is 16.3 Å². The quantitative estimate of drug-likeness (QED) is 0.370. The fourth-order valence-corrected chi connectivity index (χ4v) is 3.61. The van der Waals surface area contributed by atoms with Gasteiger partial charge in [0.25, 0.3) is 17.7 Å². The van der Waals surface area contributed by atoms with Gasteiger partial charge in [0.1, 0.15) is 5.57 Å². The van der Waals surface area contributed by atoms with E-state index in [0.717, 1.165) is 4.90 Å². The number of halogens is 1. The number of anilines is 2. The molecule has 5 amide bonds. The second kappa shape index (κ2) is 10.7. The van der Waals surface area contributed by atoms with Crippen LogP contribution in [0.1, 0.15) is 5.56 Å². The highest BCUT2D eigenvalue weighted by atomic mass is 35.5. The van der Waals surface area contributed by atoms with Gasteiger partial charge in [0, 0.05) is 10.7 Å². The van der Waals surface area contributed by atoms with Crippen LogP contribution >= 0.6 is 11.6 Å². The lowest BCUT2D eigenvalue weighted by molar-refractivity contribution is -0.122. The van der Waals surface area contributed by atoms with Gasteiger partial charge < -0.3 is 14.8 Å². The van der Waals surface area contributed by atoms with Crippen molar-refractivity contribution in [2.45, 2.75) is 0 Å². The van der Waals surface area contributed by atoms with Crippen LogP contribution in [0.4, 0.5) is 16.2 Å². The van der Waals surface area contributed by atoms with Crippen molar-refractivity contribution in [2.75, 3.05) is 23.9 Å². The molecule has 0 atom stereocenters. The Hall–Kier alpha value is -4.63. The number of amides is 5. The number of nitrogens with one attached hydrogen (secondary N) is 2. The zero-order chi connectivity index (χ0) is 25.7. The van der Waals surface area contributed by atoms with Crippen molar-refractivity contribution >= 4 is 52.8 Å². The van der Waals surface area contributed by atoms with Gasteiger partial charge in [0.15, 0.2) is 18.1 Å². The zero-order valence-electron chi connectivity index (χ0n) is 19.0. The third kappa shape index (κ3) is 5.53. The summed E-state index contributed by atoms with van der Waals surface area (Å²) in [5.41, 5.74) is 1.04. The number of methoxy groups -OCH3 is 1. The van der Waals surface area contributed by atoms with Crippen molar-refractivity contribution in [1.82, 2.24) is 5.32 Å². The van der Waals surface area contributed by atoms with Crippen molar-refractivity contribution < 1.29 is 28.7 Å². The van der Waals surface area contributed by atoms with Gasteiger partial charge in [-0.1, -0.05) is 41.9 Å². The van der Waals surface area contributed by atoms with Crippen LogP contribution in [-0.4, -0.2) is 37.5 Å². The number of imide groups is 2. The molecule has 10 heteroatoms. The summed E-state index contributed by atoms with van der Waals surface area (Å²) in [5.74, 6) is -1.42. The van der Waals surface area contributed by atoms with E-state index in [9.17, 15) is 19.2 Å². The highest BCUT2D eigenvalue weighted by Crippen LogP contribution is 2.30. The van der Waals surface area contributed by atoms with Crippen LogP contribution in [-0.2, 0) is 14.4 Å². The Kier molecular flexibility index (Phi) is 7.31. The van der Waals surface area contributed by atoms with Gasteiger partial charge in [0.05, 0.1) is 12.8 Å². The molecule has 1 saturated heterocycles. The number of barbiturate groups is 1. The molecule has 1 heterocycles. The van der Waals surface area contributed by atoms with Gasteiger partial charge in [-0.3, -0.25) is 19.7 Å². The predicted octanol–water partition coefficient (Wildman–Crippen LogP) is 4.03. The van der Waals surface area contributed by atoms with Crippen LogP contribution in [0.5, 0.6) is 11.5 Å². The number of benzene rings is 3. The normalized spacial score (nSPS) is 14.4. The molecule has 0 aromatic heterocycles. The number of urea groups is 1. The number of para-hydroxylation sites is 1. The van der Waals surface area contributed by atoms with Crippen LogP contribution in [0.15, 0.2) is 78.4 Å².